The molecule has 4 aromatic rings. The van der Waals surface area contributed by atoms with Crippen LogP contribution in [0.4, 0.5) is 11.5 Å². The van der Waals surface area contributed by atoms with Gasteiger partial charge in [-0.25, -0.2) is 4.98 Å². The molecule has 1 N–H and O–H groups in total. The van der Waals surface area contributed by atoms with Gasteiger partial charge in [-0.15, -0.1) is 5.10 Å². The highest BCUT2D eigenvalue weighted by molar-refractivity contribution is 7.98. The molecule has 0 saturated carbocycles. The molecule has 0 atom stereocenters. The third-order valence-corrected chi connectivity index (χ3v) is 7.11. The van der Waals surface area contributed by atoms with Crippen molar-refractivity contribution in [3.8, 4) is 0 Å². The number of nitrogens with one attached hydrogen (secondary N) is 1. The molecule has 4 heterocycles. The molecule has 1 aliphatic heterocycles. The molecule has 0 spiro atoms. The summed E-state index contributed by atoms with van der Waals surface area (Å²) in [5.74, 6) is 6.29. The zero-order valence-corrected chi connectivity index (χ0v) is 20.9. The average molecular weight is 497 g/mol. The summed E-state index contributed by atoms with van der Waals surface area (Å²) in [6, 6.07) is 13.8. The van der Waals surface area contributed by atoms with Crippen LogP contribution in [-0.4, -0.2) is 43.3 Å². The largest absolute Gasteiger partial charge is 0.464 e. The maximum Gasteiger partial charge on any atom is 0.254 e. The van der Waals surface area contributed by atoms with Crippen LogP contribution >= 0.6 is 23.4 Å². The van der Waals surface area contributed by atoms with Gasteiger partial charge in [-0.05, 0) is 75.4 Å². The topological polar surface area (TPSA) is 71.5 Å². The summed E-state index contributed by atoms with van der Waals surface area (Å²) in [6.45, 7) is 5.27. The summed E-state index contributed by atoms with van der Waals surface area (Å²) in [5.41, 5.74) is 1.78. The van der Waals surface area contributed by atoms with Gasteiger partial charge in [-0.1, -0.05) is 17.7 Å². The first-order valence-electron chi connectivity index (χ1n) is 11.8. The molecule has 0 bridgehead atoms. The Bertz CT molecular complexity index is 1250. The number of nitrogens with zero attached hydrogens (tertiary/aromatic N) is 5. The number of aromatic nitrogens is 4. The predicted molar refractivity (Wildman–Crippen MR) is 138 cm³/mol. The van der Waals surface area contributed by atoms with Crippen molar-refractivity contribution in [2.24, 2.45) is 0 Å². The third-order valence-electron chi connectivity index (χ3n) is 5.81. The van der Waals surface area contributed by atoms with Crippen molar-refractivity contribution < 1.29 is 4.42 Å². The second-order valence-electron chi connectivity index (χ2n) is 8.67. The highest BCUT2D eigenvalue weighted by atomic mass is 35.5. The molecular formula is C25H29ClN6OS. The van der Waals surface area contributed by atoms with E-state index < -0.39 is 0 Å². The van der Waals surface area contributed by atoms with Gasteiger partial charge in [0, 0.05) is 28.9 Å². The van der Waals surface area contributed by atoms with Crippen molar-refractivity contribution in [2.45, 2.75) is 44.9 Å². The Morgan fingerprint density at radius 3 is 2.79 bits per heavy atom. The zero-order chi connectivity index (χ0) is 23.3. The molecule has 1 fully saturated rings. The van der Waals surface area contributed by atoms with E-state index in [1.807, 2.05) is 49.0 Å². The fourth-order valence-electron chi connectivity index (χ4n) is 4.19. The lowest BCUT2D eigenvalue weighted by Crippen LogP contribution is -2.17. The number of rotatable bonds is 10. The number of hydrogen-bond acceptors (Lipinski definition) is 7. The van der Waals surface area contributed by atoms with Gasteiger partial charge in [0.05, 0.1) is 12.3 Å². The number of halogens is 1. The molecule has 1 saturated heterocycles. The molecule has 5 rings (SSSR count). The molecule has 3 aromatic heterocycles. The summed E-state index contributed by atoms with van der Waals surface area (Å²) in [6.07, 6.45) is 4.42. The minimum absolute atomic E-state index is 0.605. The lowest BCUT2D eigenvalue weighted by molar-refractivity contribution is 0.294. The SMILES string of the molecule is Cc1cc(Nc2cccc(Cl)c2)n2nc(CCCSCc3ccc(CN4CCCC4)o3)nc2n1. The normalized spacial score (nSPS) is 14.3. The lowest BCUT2D eigenvalue weighted by atomic mass is 10.3. The van der Waals surface area contributed by atoms with Crippen molar-refractivity contribution in [1.29, 1.82) is 0 Å². The first-order valence-corrected chi connectivity index (χ1v) is 13.3. The number of likely N-dealkylation sites (tertiary alicyclic amines) is 1. The molecule has 0 radical (unpaired) electrons. The van der Waals surface area contributed by atoms with E-state index in [1.165, 1.54) is 25.9 Å². The first-order chi connectivity index (χ1) is 16.6. The van der Waals surface area contributed by atoms with Gasteiger partial charge in [0.15, 0.2) is 5.82 Å². The van der Waals surface area contributed by atoms with E-state index in [0.717, 1.165) is 65.4 Å². The van der Waals surface area contributed by atoms with Gasteiger partial charge in [0.25, 0.3) is 5.78 Å². The number of hydrogen-bond donors (Lipinski definition) is 1. The van der Waals surface area contributed by atoms with E-state index in [-0.39, 0.29) is 0 Å². The van der Waals surface area contributed by atoms with Crippen molar-refractivity contribution in [1.82, 2.24) is 24.5 Å². The fraction of sp³-hybridized carbons (Fsp3) is 0.400. The molecule has 0 amide bonds. The highest BCUT2D eigenvalue weighted by Gasteiger charge is 2.14. The molecule has 7 nitrogen and oxygen atoms in total. The smallest absolute Gasteiger partial charge is 0.254 e. The van der Waals surface area contributed by atoms with Crippen LogP contribution < -0.4 is 5.32 Å². The second-order valence-corrected chi connectivity index (χ2v) is 10.2. The van der Waals surface area contributed by atoms with Crippen LogP contribution in [-0.2, 0) is 18.7 Å². The Balaban J connectivity index is 1.13. The summed E-state index contributed by atoms with van der Waals surface area (Å²) >= 11 is 8.01. The van der Waals surface area contributed by atoms with E-state index in [2.05, 4.69) is 32.3 Å². The van der Waals surface area contributed by atoms with E-state index in [9.17, 15) is 0 Å². The minimum atomic E-state index is 0.605. The van der Waals surface area contributed by atoms with Gasteiger partial charge in [0.2, 0.25) is 0 Å². The van der Waals surface area contributed by atoms with Crippen molar-refractivity contribution in [3.63, 3.8) is 0 Å². The minimum Gasteiger partial charge on any atom is -0.464 e. The molecule has 1 aromatic carbocycles. The van der Waals surface area contributed by atoms with Gasteiger partial charge < -0.3 is 9.73 Å². The summed E-state index contributed by atoms with van der Waals surface area (Å²) in [5, 5.41) is 8.76. The molecule has 0 unspecified atom stereocenters. The van der Waals surface area contributed by atoms with Gasteiger partial charge in [-0.3, -0.25) is 4.90 Å². The standard InChI is InChI=1S/C25H29ClN6OS/c1-18-14-24(28-20-7-4-6-19(26)15-20)32-25(27-18)29-23(30-32)8-5-13-34-17-22-10-9-21(33-22)16-31-11-2-3-12-31/h4,6-7,9-10,14-15,28H,2-3,5,8,11-13,16-17H2,1H3. The number of furan rings is 1. The van der Waals surface area contributed by atoms with E-state index in [4.69, 9.17) is 21.1 Å². The van der Waals surface area contributed by atoms with Gasteiger partial charge >= 0.3 is 0 Å². The summed E-state index contributed by atoms with van der Waals surface area (Å²) in [4.78, 5) is 11.6. The number of fused-ring (bicyclic) bond motifs is 1. The van der Waals surface area contributed by atoms with Gasteiger partial charge in [0.1, 0.15) is 17.3 Å². The molecule has 1 aliphatic rings. The average Bonchev–Trinajstić information content (AvgIpc) is 3.55. The monoisotopic (exact) mass is 496 g/mol. The van der Waals surface area contributed by atoms with Gasteiger partial charge in [-0.2, -0.15) is 21.3 Å². The second kappa shape index (κ2) is 10.8. The Labute approximate surface area is 208 Å². The molecular weight excluding hydrogens is 468 g/mol. The molecule has 0 aliphatic carbocycles. The van der Waals surface area contributed by atoms with Crippen molar-refractivity contribution >= 4 is 40.6 Å². The lowest BCUT2D eigenvalue weighted by Gasteiger charge is -2.11. The summed E-state index contributed by atoms with van der Waals surface area (Å²) in [7, 11) is 0. The van der Waals surface area contributed by atoms with Crippen molar-refractivity contribution in [3.05, 3.63) is 70.5 Å². The number of aryl methyl sites for hydroxylation is 2. The quantitative estimate of drug-likeness (QED) is 0.275. The Morgan fingerprint density at radius 1 is 1.09 bits per heavy atom. The van der Waals surface area contributed by atoms with E-state index in [0.29, 0.717) is 10.8 Å². The fourth-order valence-corrected chi connectivity index (χ4v) is 5.23. The van der Waals surface area contributed by atoms with Crippen LogP contribution in [0.25, 0.3) is 5.78 Å². The van der Waals surface area contributed by atoms with E-state index >= 15 is 0 Å². The summed E-state index contributed by atoms with van der Waals surface area (Å²) < 4.78 is 7.78. The number of thioether (sulfide) groups is 1. The Hall–Kier alpha value is -2.55. The maximum atomic E-state index is 6.13. The van der Waals surface area contributed by atoms with Crippen LogP contribution in [0.15, 0.2) is 46.9 Å². The highest BCUT2D eigenvalue weighted by Crippen LogP contribution is 2.22. The molecule has 178 valence electrons. The number of anilines is 2. The third kappa shape index (κ3) is 5.92. The predicted octanol–water partition coefficient (Wildman–Crippen LogP) is 5.88. The zero-order valence-electron chi connectivity index (χ0n) is 19.3. The van der Waals surface area contributed by atoms with Crippen LogP contribution in [0, 0.1) is 6.92 Å². The molecule has 34 heavy (non-hydrogen) atoms. The van der Waals surface area contributed by atoms with Crippen LogP contribution in [0.1, 0.15) is 42.3 Å². The maximum absolute atomic E-state index is 6.13. The van der Waals surface area contributed by atoms with Crippen molar-refractivity contribution in [2.75, 3.05) is 24.2 Å². The van der Waals surface area contributed by atoms with Crippen LogP contribution in [0.2, 0.25) is 5.02 Å². The van der Waals surface area contributed by atoms with Crippen LogP contribution in [0.5, 0.6) is 0 Å². The van der Waals surface area contributed by atoms with E-state index in [1.54, 1.807) is 4.52 Å². The Morgan fingerprint density at radius 2 is 1.94 bits per heavy atom. The number of benzene rings is 1. The Kier molecular flexibility index (Phi) is 7.37. The first kappa shape index (κ1) is 23.2. The molecule has 9 heteroatoms. The van der Waals surface area contributed by atoms with Crippen LogP contribution in [0.3, 0.4) is 0 Å².